The van der Waals surface area contributed by atoms with Crippen LogP contribution in [0.4, 0.5) is 0 Å². The summed E-state index contributed by atoms with van der Waals surface area (Å²) in [6.07, 6.45) is 1.72. The lowest BCUT2D eigenvalue weighted by molar-refractivity contribution is 0.0713. The second-order valence-electron chi connectivity index (χ2n) is 7.02. The first-order valence-corrected chi connectivity index (χ1v) is 8.65. The topological polar surface area (TPSA) is 45.2 Å². The molecule has 0 unspecified atom stereocenters. The monoisotopic (exact) mass is 393 g/mol. The fraction of sp³-hybridized carbons (Fsp3) is 0.400. The minimum atomic E-state index is 0. The summed E-state index contributed by atoms with van der Waals surface area (Å²) >= 11 is 0. The predicted octanol–water partition coefficient (Wildman–Crippen LogP) is 3.57. The molecule has 1 aromatic carbocycles. The van der Waals surface area contributed by atoms with Crippen LogP contribution in [0.2, 0.25) is 0 Å². The number of carbonyl (C=O) groups is 1. The van der Waals surface area contributed by atoms with Gasteiger partial charge in [0.2, 0.25) is 0 Å². The highest BCUT2D eigenvalue weighted by atomic mass is 35.5. The van der Waals surface area contributed by atoms with Crippen LogP contribution in [0.1, 0.15) is 33.2 Å². The Morgan fingerprint density at radius 3 is 2.58 bits per heavy atom. The Kier molecular flexibility index (Phi) is 6.67. The fourth-order valence-electron chi connectivity index (χ4n) is 4.13. The first-order valence-electron chi connectivity index (χ1n) is 8.65. The van der Waals surface area contributed by atoms with Crippen molar-refractivity contribution in [2.45, 2.75) is 19.9 Å². The average molecular weight is 394 g/mol. The number of hydrogen-bond acceptors (Lipinski definition) is 3. The lowest BCUT2D eigenvalue weighted by Gasteiger charge is -2.28. The van der Waals surface area contributed by atoms with Gasteiger partial charge in [-0.1, -0.05) is 30.3 Å². The number of benzene rings is 1. The van der Waals surface area contributed by atoms with Crippen molar-refractivity contribution in [3.63, 3.8) is 0 Å². The number of hydrogen-bond donors (Lipinski definition) is 1. The molecular formula is C20H25Cl2N3O. The number of rotatable bonds is 2. The van der Waals surface area contributed by atoms with E-state index in [1.54, 1.807) is 6.20 Å². The molecule has 0 aliphatic carbocycles. The van der Waals surface area contributed by atoms with Gasteiger partial charge in [0, 0.05) is 37.4 Å². The smallest absolute Gasteiger partial charge is 0.255 e. The van der Waals surface area contributed by atoms with Crippen LogP contribution in [-0.2, 0) is 0 Å². The Hall–Kier alpha value is -1.62. The number of carbonyl (C=O) groups excluding carboxylic acids is 1. The maximum Gasteiger partial charge on any atom is 0.255 e. The molecule has 6 heteroatoms. The molecule has 140 valence electrons. The molecule has 26 heavy (non-hydrogen) atoms. The Balaban J connectivity index is 0.00000121. The molecule has 1 aromatic heterocycles. The Morgan fingerprint density at radius 2 is 1.88 bits per heavy atom. The van der Waals surface area contributed by atoms with Gasteiger partial charge in [-0.05, 0) is 37.0 Å². The maximum atomic E-state index is 13.2. The molecule has 0 radical (unpaired) electrons. The van der Waals surface area contributed by atoms with Crippen LogP contribution < -0.4 is 5.32 Å². The van der Waals surface area contributed by atoms with Crippen molar-refractivity contribution in [2.24, 2.45) is 11.8 Å². The zero-order chi connectivity index (χ0) is 16.7. The molecule has 2 aliphatic heterocycles. The van der Waals surface area contributed by atoms with Gasteiger partial charge in [-0.3, -0.25) is 9.78 Å². The van der Waals surface area contributed by atoms with Gasteiger partial charge >= 0.3 is 0 Å². The molecule has 1 amide bonds. The number of aromatic nitrogens is 1. The van der Waals surface area contributed by atoms with Crippen LogP contribution in [0.3, 0.4) is 0 Å². The van der Waals surface area contributed by atoms with E-state index >= 15 is 0 Å². The van der Waals surface area contributed by atoms with E-state index in [-0.39, 0.29) is 36.8 Å². The maximum absolute atomic E-state index is 13.2. The Morgan fingerprint density at radius 1 is 1.15 bits per heavy atom. The molecule has 2 fully saturated rings. The van der Waals surface area contributed by atoms with Crippen molar-refractivity contribution >= 4 is 30.7 Å². The van der Waals surface area contributed by atoms with E-state index in [9.17, 15) is 4.79 Å². The summed E-state index contributed by atoms with van der Waals surface area (Å²) in [5, 5.41) is 3.49. The quantitative estimate of drug-likeness (QED) is 0.847. The molecule has 1 N–H and O–H groups in total. The molecule has 4 rings (SSSR count). The third-order valence-electron chi connectivity index (χ3n) is 5.55. The highest BCUT2D eigenvalue weighted by Crippen LogP contribution is 2.43. The van der Waals surface area contributed by atoms with Gasteiger partial charge in [0.25, 0.3) is 5.91 Å². The minimum absolute atomic E-state index is 0. The summed E-state index contributed by atoms with van der Waals surface area (Å²) in [6, 6.07) is 12.6. The van der Waals surface area contributed by atoms with Gasteiger partial charge in [-0.15, -0.1) is 24.8 Å². The number of aryl methyl sites for hydroxylation is 2. The second-order valence-corrected chi connectivity index (χ2v) is 7.02. The number of likely N-dealkylation sites (tertiary alicyclic amines) is 1. The van der Waals surface area contributed by atoms with E-state index in [1.807, 2.05) is 26.0 Å². The largest absolute Gasteiger partial charge is 0.331 e. The molecular weight excluding hydrogens is 369 g/mol. The van der Waals surface area contributed by atoms with Gasteiger partial charge in [0.15, 0.2) is 0 Å². The molecule has 0 bridgehead atoms. The normalized spacial score (nSPS) is 23.8. The van der Waals surface area contributed by atoms with Crippen molar-refractivity contribution in [3.05, 3.63) is 65.0 Å². The predicted molar refractivity (Wildman–Crippen MR) is 108 cm³/mol. The minimum Gasteiger partial charge on any atom is -0.331 e. The number of halogens is 2. The zero-order valence-electron chi connectivity index (χ0n) is 15.0. The number of pyridine rings is 1. The van der Waals surface area contributed by atoms with Crippen molar-refractivity contribution < 1.29 is 4.79 Å². The Labute approximate surface area is 167 Å². The lowest BCUT2D eigenvalue weighted by atomic mass is 9.89. The highest BCUT2D eigenvalue weighted by Gasteiger charge is 2.46. The van der Waals surface area contributed by atoms with Crippen LogP contribution in [0.5, 0.6) is 0 Å². The molecule has 0 saturated carbocycles. The summed E-state index contributed by atoms with van der Waals surface area (Å²) in [5.74, 6) is 1.14. The van der Waals surface area contributed by atoms with Crippen molar-refractivity contribution in [2.75, 3.05) is 19.6 Å². The van der Waals surface area contributed by atoms with Crippen LogP contribution in [0.25, 0.3) is 0 Å². The standard InChI is InChI=1S/C20H23N3O.2ClH/c1-13-8-16(10-22-14(13)2)20(24)23-12-17-9-21-11-18(17)19(23)15-6-4-3-5-7-15;;/h3-8,10,17-19,21H,9,11-12H2,1-2H3;2*1H/t17-,18-,19-;;/m0../s1. The molecule has 3 heterocycles. The van der Waals surface area contributed by atoms with E-state index < -0.39 is 0 Å². The van der Waals surface area contributed by atoms with Gasteiger partial charge in [0.1, 0.15) is 0 Å². The molecule has 2 saturated heterocycles. The van der Waals surface area contributed by atoms with Crippen molar-refractivity contribution in [1.29, 1.82) is 0 Å². The molecule has 3 atom stereocenters. The van der Waals surface area contributed by atoms with Gasteiger partial charge in [-0.25, -0.2) is 0 Å². The van der Waals surface area contributed by atoms with Crippen LogP contribution in [-0.4, -0.2) is 35.4 Å². The summed E-state index contributed by atoms with van der Waals surface area (Å²) in [4.78, 5) is 19.6. The molecule has 0 spiro atoms. The fourth-order valence-corrected chi connectivity index (χ4v) is 4.13. The molecule has 2 aliphatic rings. The third kappa shape index (κ3) is 3.59. The van der Waals surface area contributed by atoms with E-state index in [2.05, 4.69) is 39.5 Å². The van der Waals surface area contributed by atoms with Crippen LogP contribution in [0.15, 0.2) is 42.6 Å². The van der Waals surface area contributed by atoms with E-state index in [0.717, 1.165) is 30.9 Å². The van der Waals surface area contributed by atoms with E-state index in [1.165, 1.54) is 5.56 Å². The van der Waals surface area contributed by atoms with Gasteiger partial charge < -0.3 is 10.2 Å². The van der Waals surface area contributed by atoms with Gasteiger partial charge in [0.05, 0.1) is 11.6 Å². The van der Waals surface area contributed by atoms with E-state index in [0.29, 0.717) is 17.4 Å². The van der Waals surface area contributed by atoms with Crippen LogP contribution in [0, 0.1) is 25.7 Å². The Bertz CT molecular complexity index is 769. The zero-order valence-corrected chi connectivity index (χ0v) is 16.6. The van der Waals surface area contributed by atoms with Crippen molar-refractivity contribution in [1.82, 2.24) is 15.2 Å². The highest BCUT2D eigenvalue weighted by molar-refractivity contribution is 5.94. The molecule has 2 aromatic rings. The second kappa shape index (κ2) is 8.38. The van der Waals surface area contributed by atoms with E-state index in [4.69, 9.17) is 0 Å². The SMILES string of the molecule is Cc1cc(C(=O)N2C[C@@H]3CNC[C@@H]3[C@@H]2c2ccccc2)cnc1C.Cl.Cl. The first-order chi connectivity index (χ1) is 11.6. The lowest BCUT2D eigenvalue weighted by Crippen LogP contribution is -2.34. The average Bonchev–Trinajstić information content (AvgIpc) is 3.18. The summed E-state index contributed by atoms with van der Waals surface area (Å²) < 4.78 is 0. The summed E-state index contributed by atoms with van der Waals surface area (Å²) in [7, 11) is 0. The summed E-state index contributed by atoms with van der Waals surface area (Å²) in [6.45, 7) is 6.80. The number of fused-ring (bicyclic) bond motifs is 1. The third-order valence-corrected chi connectivity index (χ3v) is 5.55. The number of nitrogens with zero attached hydrogens (tertiary/aromatic N) is 2. The van der Waals surface area contributed by atoms with Crippen LogP contribution >= 0.6 is 24.8 Å². The summed E-state index contributed by atoms with van der Waals surface area (Å²) in [5.41, 5.74) is 3.98. The number of nitrogens with one attached hydrogen (secondary N) is 1. The molecule has 4 nitrogen and oxygen atoms in total. The van der Waals surface area contributed by atoms with Gasteiger partial charge in [-0.2, -0.15) is 0 Å². The number of amides is 1. The first kappa shape index (κ1) is 20.7. The van der Waals surface area contributed by atoms with Crippen molar-refractivity contribution in [3.8, 4) is 0 Å².